The van der Waals surface area contributed by atoms with Crippen LogP contribution in [0.25, 0.3) is 0 Å². The normalized spacial score (nSPS) is 20.8. The summed E-state index contributed by atoms with van der Waals surface area (Å²) in [4.78, 5) is 2.42. The molecule has 0 saturated carbocycles. The standard InChI is InChI=1S/C8H15NS.CH4/c1-2-5-9-6-3-8(10)4-7-9;/h2,8,10H,1,3-7H2;1H4. The summed E-state index contributed by atoms with van der Waals surface area (Å²) in [6.07, 6.45) is 4.44. The van der Waals surface area contributed by atoms with E-state index in [1.165, 1.54) is 25.9 Å². The number of nitrogens with zero attached hydrogens (tertiary/aromatic N) is 1. The third-order valence-corrected chi connectivity index (χ3v) is 2.46. The van der Waals surface area contributed by atoms with Gasteiger partial charge in [-0.3, -0.25) is 4.90 Å². The van der Waals surface area contributed by atoms with Gasteiger partial charge in [0.05, 0.1) is 0 Å². The summed E-state index contributed by atoms with van der Waals surface area (Å²) in [6, 6.07) is 0. The first-order valence-electron chi connectivity index (χ1n) is 3.84. The molecule has 66 valence electrons. The smallest absolute Gasteiger partial charge is 0.0160 e. The Balaban J connectivity index is 0.000001000. The quantitative estimate of drug-likeness (QED) is 0.495. The van der Waals surface area contributed by atoms with Crippen molar-refractivity contribution in [3.8, 4) is 0 Å². The second kappa shape index (κ2) is 5.67. The summed E-state index contributed by atoms with van der Waals surface area (Å²) >= 11 is 4.42. The van der Waals surface area contributed by atoms with Crippen molar-refractivity contribution in [1.29, 1.82) is 0 Å². The number of hydrogen-bond acceptors (Lipinski definition) is 2. The van der Waals surface area contributed by atoms with Gasteiger partial charge >= 0.3 is 0 Å². The van der Waals surface area contributed by atoms with Crippen LogP contribution in [0.15, 0.2) is 12.7 Å². The number of hydrogen-bond donors (Lipinski definition) is 1. The topological polar surface area (TPSA) is 3.24 Å². The largest absolute Gasteiger partial charge is 0.300 e. The highest BCUT2D eigenvalue weighted by Crippen LogP contribution is 2.14. The van der Waals surface area contributed by atoms with Crippen LogP contribution in [0, 0.1) is 0 Å². The molecule has 0 aliphatic carbocycles. The van der Waals surface area contributed by atoms with Gasteiger partial charge in [0.2, 0.25) is 0 Å². The molecular formula is C9H19NS. The average molecular weight is 173 g/mol. The van der Waals surface area contributed by atoms with Crippen LogP contribution in [0.3, 0.4) is 0 Å². The van der Waals surface area contributed by atoms with Crippen molar-refractivity contribution in [1.82, 2.24) is 4.90 Å². The van der Waals surface area contributed by atoms with E-state index in [2.05, 4.69) is 24.1 Å². The molecule has 0 N–H and O–H groups in total. The van der Waals surface area contributed by atoms with Crippen LogP contribution in [0.4, 0.5) is 0 Å². The van der Waals surface area contributed by atoms with E-state index < -0.39 is 0 Å². The van der Waals surface area contributed by atoms with E-state index in [0.29, 0.717) is 5.25 Å². The second-order valence-corrected chi connectivity index (χ2v) is 3.55. The third kappa shape index (κ3) is 3.82. The lowest BCUT2D eigenvalue weighted by molar-refractivity contribution is 0.256. The van der Waals surface area contributed by atoms with E-state index in [9.17, 15) is 0 Å². The molecule has 0 bridgehead atoms. The predicted molar refractivity (Wildman–Crippen MR) is 55.4 cm³/mol. The van der Waals surface area contributed by atoms with Gasteiger partial charge in [-0.05, 0) is 25.9 Å². The van der Waals surface area contributed by atoms with Crippen molar-refractivity contribution >= 4 is 12.6 Å². The fourth-order valence-electron chi connectivity index (χ4n) is 1.28. The first-order chi connectivity index (χ1) is 4.83. The molecule has 0 amide bonds. The van der Waals surface area contributed by atoms with Crippen molar-refractivity contribution < 1.29 is 0 Å². The maximum absolute atomic E-state index is 4.42. The molecule has 1 fully saturated rings. The summed E-state index contributed by atoms with van der Waals surface area (Å²) in [7, 11) is 0. The highest BCUT2D eigenvalue weighted by molar-refractivity contribution is 7.80. The second-order valence-electron chi connectivity index (χ2n) is 2.82. The molecule has 0 unspecified atom stereocenters. The lowest BCUT2D eigenvalue weighted by Gasteiger charge is -2.28. The van der Waals surface area contributed by atoms with E-state index in [-0.39, 0.29) is 7.43 Å². The van der Waals surface area contributed by atoms with Gasteiger partial charge in [-0.25, -0.2) is 0 Å². The minimum atomic E-state index is 0. The maximum atomic E-state index is 4.42. The molecule has 0 radical (unpaired) electrons. The Morgan fingerprint density at radius 2 is 2.00 bits per heavy atom. The lowest BCUT2D eigenvalue weighted by Crippen LogP contribution is -2.33. The molecule has 0 aromatic heterocycles. The molecule has 1 rings (SSSR count). The van der Waals surface area contributed by atoms with Crippen LogP contribution < -0.4 is 0 Å². The molecule has 1 saturated heterocycles. The number of piperidine rings is 1. The number of likely N-dealkylation sites (tertiary alicyclic amines) is 1. The van der Waals surface area contributed by atoms with Gasteiger partial charge in [0.25, 0.3) is 0 Å². The minimum Gasteiger partial charge on any atom is -0.300 e. The van der Waals surface area contributed by atoms with Crippen molar-refractivity contribution in [3.63, 3.8) is 0 Å². The highest BCUT2D eigenvalue weighted by Gasteiger charge is 2.14. The zero-order chi connectivity index (χ0) is 7.40. The lowest BCUT2D eigenvalue weighted by atomic mass is 10.1. The van der Waals surface area contributed by atoms with Crippen LogP contribution in [0.5, 0.6) is 0 Å². The van der Waals surface area contributed by atoms with Crippen molar-refractivity contribution in [2.75, 3.05) is 19.6 Å². The molecule has 0 aromatic rings. The first kappa shape index (κ1) is 11.1. The molecule has 1 aliphatic rings. The molecule has 1 nitrogen and oxygen atoms in total. The Bertz CT molecular complexity index is 106. The van der Waals surface area contributed by atoms with Crippen LogP contribution >= 0.6 is 12.6 Å². The maximum Gasteiger partial charge on any atom is 0.0160 e. The molecule has 1 aliphatic heterocycles. The van der Waals surface area contributed by atoms with Gasteiger partial charge in [-0.15, -0.1) is 6.58 Å². The van der Waals surface area contributed by atoms with Crippen LogP contribution in [0.1, 0.15) is 20.3 Å². The number of rotatable bonds is 2. The van der Waals surface area contributed by atoms with E-state index in [1.54, 1.807) is 0 Å². The molecule has 0 spiro atoms. The van der Waals surface area contributed by atoms with Gasteiger partial charge < -0.3 is 0 Å². The molecule has 2 heteroatoms. The molecular weight excluding hydrogens is 154 g/mol. The Kier molecular flexibility index (Phi) is 5.69. The number of thiol groups is 1. The van der Waals surface area contributed by atoms with Crippen LogP contribution in [0.2, 0.25) is 0 Å². The van der Waals surface area contributed by atoms with Gasteiger partial charge in [0.1, 0.15) is 0 Å². The van der Waals surface area contributed by atoms with Crippen LogP contribution in [-0.4, -0.2) is 29.8 Å². The summed E-state index contributed by atoms with van der Waals surface area (Å²) in [5.74, 6) is 0. The Morgan fingerprint density at radius 3 is 2.45 bits per heavy atom. The van der Waals surface area contributed by atoms with Gasteiger partial charge in [0.15, 0.2) is 0 Å². The molecule has 0 atom stereocenters. The first-order valence-corrected chi connectivity index (χ1v) is 4.36. The fourth-order valence-corrected chi connectivity index (χ4v) is 1.52. The average Bonchev–Trinajstić information content (AvgIpc) is 1.95. The third-order valence-electron chi connectivity index (χ3n) is 1.94. The van der Waals surface area contributed by atoms with E-state index in [4.69, 9.17) is 0 Å². The van der Waals surface area contributed by atoms with Gasteiger partial charge in [0, 0.05) is 11.8 Å². The van der Waals surface area contributed by atoms with E-state index >= 15 is 0 Å². The summed E-state index contributed by atoms with van der Waals surface area (Å²) in [5, 5.41) is 0.640. The zero-order valence-electron chi connectivity index (χ0n) is 6.29. The Labute approximate surface area is 75.9 Å². The zero-order valence-corrected chi connectivity index (χ0v) is 7.19. The molecule has 1 heterocycles. The van der Waals surface area contributed by atoms with Crippen molar-refractivity contribution in [2.24, 2.45) is 0 Å². The van der Waals surface area contributed by atoms with Crippen LogP contribution in [-0.2, 0) is 0 Å². The van der Waals surface area contributed by atoms with E-state index in [1.807, 2.05) is 6.08 Å². The SMILES string of the molecule is C.C=CCN1CCC(S)CC1. The highest BCUT2D eigenvalue weighted by atomic mass is 32.1. The monoisotopic (exact) mass is 173 g/mol. The Hall–Kier alpha value is 0.0500. The van der Waals surface area contributed by atoms with Crippen molar-refractivity contribution in [2.45, 2.75) is 25.5 Å². The van der Waals surface area contributed by atoms with Gasteiger partial charge in [-0.1, -0.05) is 13.5 Å². The minimum absolute atomic E-state index is 0. The molecule has 11 heavy (non-hydrogen) atoms. The summed E-state index contributed by atoms with van der Waals surface area (Å²) < 4.78 is 0. The molecule has 0 aromatic carbocycles. The van der Waals surface area contributed by atoms with Gasteiger partial charge in [-0.2, -0.15) is 12.6 Å². The summed E-state index contributed by atoms with van der Waals surface area (Å²) in [5.41, 5.74) is 0. The summed E-state index contributed by atoms with van der Waals surface area (Å²) in [6.45, 7) is 7.14. The predicted octanol–water partition coefficient (Wildman–Crippen LogP) is 2.20. The fraction of sp³-hybridized carbons (Fsp3) is 0.778. The van der Waals surface area contributed by atoms with E-state index in [0.717, 1.165) is 6.54 Å². The Morgan fingerprint density at radius 1 is 1.45 bits per heavy atom. The van der Waals surface area contributed by atoms with Crippen molar-refractivity contribution in [3.05, 3.63) is 12.7 Å².